The predicted molar refractivity (Wildman–Crippen MR) is 62.7 cm³/mol. The highest BCUT2D eigenvalue weighted by molar-refractivity contribution is 5.90. The summed E-state index contributed by atoms with van der Waals surface area (Å²) in [6, 6.07) is 3.39. The molecule has 2 rings (SSSR count). The van der Waals surface area contributed by atoms with Gasteiger partial charge >= 0.3 is 6.18 Å². The molecule has 0 spiro atoms. The van der Waals surface area contributed by atoms with Crippen LogP contribution in [0.5, 0.6) is 11.5 Å². The van der Waals surface area contributed by atoms with Crippen LogP contribution < -0.4 is 14.9 Å². The SMILES string of the molecule is COc1ccc(OC)c2c(=O)cc(C(F)(F)F)[nH]c12. The average Bonchev–Trinajstić information content (AvgIpc) is 2.36. The van der Waals surface area contributed by atoms with Gasteiger partial charge in [0.25, 0.3) is 0 Å². The van der Waals surface area contributed by atoms with E-state index in [4.69, 9.17) is 9.47 Å². The van der Waals surface area contributed by atoms with Crippen molar-refractivity contribution in [2.75, 3.05) is 14.2 Å². The molecule has 1 aromatic carbocycles. The first-order chi connectivity index (χ1) is 8.88. The van der Waals surface area contributed by atoms with Crippen molar-refractivity contribution in [3.05, 3.63) is 34.1 Å². The Morgan fingerprint density at radius 3 is 2.21 bits per heavy atom. The first kappa shape index (κ1) is 13.3. The first-order valence-corrected chi connectivity index (χ1v) is 5.23. The van der Waals surface area contributed by atoms with Gasteiger partial charge in [0.15, 0.2) is 5.43 Å². The molecule has 0 saturated carbocycles. The normalized spacial score (nSPS) is 11.6. The largest absolute Gasteiger partial charge is 0.496 e. The lowest BCUT2D eigenvalue weighted by atomic mass is 10.1. The number of alkyl halides is 3. The number of H-pyrrole nitrogens is 1. The summed E-state index contributed by atoms with van der Waals surface area (Å²) in [5.41, 5.74) is -1.95. The molecule has 0 unspecified atom stereocenters. The molecule has 0 fully saturated rings. The summed E-state index contributed by atoms with van der Waals surface area (Å²) in [6.45, 7) is 0. The number of fused-ring (bicyclic) bond motifs is 1. The fourth-order valence-corrected chi connectivity index (χ4v) is 1.80. The van der Waals surface area contributed by atoms with Crippen LogP contribution >= 0.6 is 0 Å². The van der Waals surface area contributed by atoms with Crippen LogP contribution in [0.4, 0.5) is 13.2 Å². The van der Waals surface area contributed by atoms with Crippen LogP contribution in [0.3, 0.4) is 0 Å². The molecule has 0 aliphatic carbocycles. The number of benzene rings is 1. The van der Waals surface area contributed by atoms with Gasteiger partial charge in [-0.2, -0.15) is 13.2 Å². The summed E-state index contributed by atoms with van der Waals surface area (Å²) < 4.78 is 47.9. The summed E-state index contributed by atoms with van der Waals surface area (Å²) in [6.07, 6.45) is -4.64. The molecular formula is C12H10F3NO3. The van der Waals surface area contributed by atoms with E-state index in [1.165, 1.54) is 26.4 Å². The van der Waals surface area contributed by atoms with Gasteiger partial charge in [-0.1, -0.05) is 0 Å². The topological polar surface area (TPSA) is 51.3 Å². The van der Waals surface area contributed by atoms with E-state index in [9.17, 15) is 18.0 Å². The molecule has 19 heavy (non-hydrogen) atoms. The van der Waals surface area contributed by atoms with Crippen molar-refractivity contribution in [1.82, 2.24) is 4.98 Å². The second-order valence-electron chi connectivity index (χ2n) is 3.77. The number of pyridine rings is 1. The number of halogens is 3. The van der Waals surface area contributed by atoms with Crippen LogP contribution in [-0.2, 0) is 6.18 Å². The van der Waals surface area contributed by atoms with Gasteiger partial charge in [-0.05, 0) is 12.1 Å². The molecule has 1 aromatic heterocycles. The molecule has 4 nitrogen and oxygen atoms in total. The molecular weight excluding hydrogens is 263 g/mol. The highest BCUT2D eigenvalue weighted by atomic mass is 19.4. The maximum absolute atomic E-state index is 12.7. The van der Waals surface area contributed by atoms with Crippen LogP contribution in [0.25, 0.3) is 10.9 Å². The van der Waals surface area contributed by atoms with Crippen LogP contribution in [0, 0.1) is 0 Å². The Bertz CT molecular complexity index is 676. The summed E-state index contributed by atoms with van der Waals surface area (Å²) in [5, 5.41) is 0.0230. The van der Waals surface area contributed by atoms with E-state index < -0.39 is 17.3 Å². The van der Waals surface area contributed by atoms with Crippen molar-refractivity contribution in [1.29, 1.82) is 0 Å². The maximum Gasteiger partial charge on any atom is 0.431 e. The summed E-state index contributed by atoms with van der Waals surface area (Å²) in [5.74, 6) is 0.324. The van der Waals surface area contributed by atoms with Crippen molar-refractivity contribution in [3.63, 3.8) is 0 Å². The molecule has 102 valence electrons. The van der Waals surface area contributed by atoms with Gasteiger partial charge in [0.05, 0.1) is 25.1 Å². The number of methoxy groups -OCH3 is 2. The van der Waals surface area contributed by atoms with E-state index in [0.29, 0.717) is 6.07 Å². The summed E-state index contributed by atoms with van der Waals surface area (Å²) in [7, 11) is 2.64. The van der Waals surface area contributed by atoms with Crippen molar-refractivity contribution in [2.45, 2.75) is 6.18 Å². The molecule has 0 radical (unpaired) electrons. The Morgan fingerprint density at radius 2 is 1.68 bits per heavy atom. The second kappa shape index (κ2) is 4.49. The van der Waals surface area contributed by atoms with Crippen molar-refractivity contribution < 1.29 is 22.6 Å². The molecule has 2 aromatic rings. The second-order valence-corrected chi connectivity index (χ2v) is 3.77. The first-order valence-electron chi connectivity index (χ1n) is 5.23. The van der Waals surface area contributed by atoms with Gasteiger partial charge in [0, 0.05) is 6.07 Å². The van der Waals surface area contributed by atoms with E-state index in [-0.39, 0.29) is 22.4 Å². The quantitative estimate of drug-likeness (QED) is 0.914. The lowest BCUT2D eigenvalue weighted by Crippen LogP contribution is -2.14. The number of rotatable bonds is 2. The van der Waals surface area contributed by atoms with Gasteiger partial charge in [0.2, 0.25) is 0 Å². The third-order valence-electron chi connectivity index (χ3n) is 2.66. The minimum Gasteiger partial charge on any atom is -0.496 e. The number of aromatic amines is 1. The highest BCUT2D eigenvalue weighted by Gasteiger charge is 2.33. The number of hydrogen-bond acceptors (Lipinski definition) is 3. The lowest BCUT2D eigenvalue weighted by molar-refractivity contribution is -0.141. The molecule has 0 bridgehead atoms. The van der Waals surface area contributed by atoms with Gasteiger partial charge in [-0.3, -0.25) is 4.79 Å². The molecule has 1 N–H and O–H groups in total. The van der Waals surface area contributed by atoms with Gasteiger partial charge in [0.1, 0.15) is 17.2 Å². The Labute approximate surface area is 105 Å². The number of ether oxygens (including phenoxy) is 2. The molecule has 1 heterocycles. The van der Waals surface area contributed by atoms with E-state index in [1.54, 1.807) is 0 Å². The zero-order chi connectivity index (χ0) is 14.2. The van der Waals surface area contributed by atoms with Crippen molar-refractivity contribution in [2.24, 2.45) is 0 Å². The third kappa shape index (κ3) is 2.23. The zero-order valence-electron chi connectivity index (χ0n) is 10.1. The lowest BCUT2D eigenvalue weighted by Gasteiger charge is -2.12. The average molecular weight is 273 g/mol. The van der Waals surface area contributed by atoms with Gasteiger partial charge in [-0.25, -0.2) is 0 Å². The summed E-state index contributed by atoms with van der Waals surface area (Å²) >= 11 is 0. The predicted octanol–water partition coefficient (Wildman–Crippen LogP) is 2.56. The minimum atomic E-state index is -4.64. The van der Waals surface area contributed by atoms with Crippen LogP contribution in [0.15, 0.2) is 23.0 Å². The van der Waals surface area contributed by atoms with Crippen molar-refractivity contribution in [3.8, 4) is 11.5 Å². The standard InChI is InChI=1S/C12H10F3NO3/c1-18-7-3-4-8(19-2)11-10(7)6(17)5-9(16-11)12(13,14)15/h3-5H,1-2H3,(H,16,17). The molecule has 0 saturated heterocycles. The van der Waals surface area contributed by atoms with E-state index in [1.807, 2.05) is 0 Å². The minimum absolute atomic E-state index is 0.0230. The smallest absolute Gasteiger partial charge is 0.431 e. The number of aromatic nitrogens is 1. The Balaban J connectivity index is 2.90. The number of hydrogen-bond donors (Lipinski definition) is 1. The van der Waals surface area contributed by atoms with Crippen LogP contribution in [-0.4, -0.2) is 19.2 Å². The number of nitrogens with one attached hydrogen (secondary N) is 1. The van der Waals surface area contributed by atoms with Crippen molar-refractivity contribution >= 4 is 10.9 Å². The molecule has 0 aliphatic rings. The van der Waals surface area contributed by atoms with E-state index >= 15 is 0 Å². The fraction of sp³-hybridized carbons (Fsp3) is 0.250. The Morgan fingerprint density at radius 1 is 1.11 bits per heavy atom. The van der Waals surface area contributed by atoms with Crippen LogP contribution in [0.2, 0.25) is 0 Å². The zero-order valence-corrected chi connectivity index (χ0v) is 10.1. The molecule has 0 amide bonds. The third-order valence-corrected chi connectivity index (χ3v) is 2.66. The molecule has 7 heteroatoms. The molecule has 0 atom stereocenters. The Kier molecular flexibility index (Phi) is 3.13. The molecule has 0 aliphatic heterocycles. The van der Waals surface area contributed by atoms with Gasteiger partial charge in [-0.15, -0.1) is 0 Å². The Hall–Kier alpha value is -2.18. The van der Waals surface area contributed by atoms with Gasteiger partial charge < -0.3 is 14.5 Å². The maximum atomic E-state index is 12.7. The van der Waals surface area contributed by atoms with E-state index in [0.717, 1.165) is 0 Å². The summed E-state index contributed by atoms with van der Waals surface area (Å²) in [4.78, 5) is 14.0. The van der Waals surface area contributed by atoms with Crippen LogP contribution in [0.1, 0.15) is 5.69 Å². The fourth-order valence-electron chi connectivity index (χ4n) is 1.80. The monoisotopic (exact) mass is 273 g/mol. The highest BCUT2D eigenvalue weighted by Crippen LogP contribution is 2.33. The van der Waals surface area contributed by atoms with E-state index in [2.05, 4.69) is 4.98 Å².